The van der Waals surface area contributed by atoms with Gasteiger partial charge in [-0.25, -0.2) is 0 Å². The number of hydrogen-bond acceptors (Lipinski definition) is 5. The summed E-state index contributed by atoms with van der Waals surface area (Å²) < 4.78 is 1.47. The average molecular weight is 395 g/mol. The summed E-state index contributed by atoms with van der Waals surface area (Å²) in [6.45, 7) is 2.42. The lowest BCUT2D eigenvalue weighted by atomic mass is 10.0. The maximum atomic E-state index is 12.5. The highest BCUT2D eigenvalue weighted by atomic mass is 32.2. The van der Waals surface area contributed by atoms with Crippen LogP contribution in [-0.2, 0) is 11.3 Å². The van der Waals surface area contributed by atoms with Crippen molar-refractivity contribution in [1.29, 1.82) is 0 Å². The molecule has 144 valence electrons. The van der Waals surface area contributed by atoms with E-state index in [1.807, 2.05) is 61.5 Å². The molecule has 0 atom stereocenters. The number of benzene rings is 2. The number of amides is 1. The molecular weight excluding hydrogens is 374 g/mol. The topological polar surface area (TPSA) is 84.2 Å². The predicted octanol–water partition coefficient (Wildman–Crippen LogP) is 3.76. The zero-order valence-electron chi connectivity index (χ0n) is 15.5. The molecule has 1 aromatic heterocycles. The number of aromatic nitrogens is 2. The molecule has 3 rings (SSSR count). The Labute approximate surface area is 167 Å². The molecule has 2 N–H and O–H groups in total. The van der Waals surface area contributed by atoms with Crippen LogP contribution in [0.15, 0.2) is 70.6 Å². The molecule has 0 unspecified atom stereocenters. The Bertz CT molecular complexity index is 1020. The van der Waals surface area contributed by atoms with Crippen LogP contribution in [0.25, 0.3) is 11.1 Å². The molecule has 0 bridgehead atoms. The number of para-hydroxylation sites is 1. The van der Waals surface area contributed by atoms with Crippen LogP contribution in [-0.4, -0.2) is 26.3 Å². The number of aromatic hydroxyl groups is 1. The van der Waals surface area contributed by atoms with E-state index in [-0.39, 0.29) is 23.1 Å². The number of rotatable bonds is 7. The summed E-state index contributed by atoms with van der Waals surface area (Å²) in [6.07, 6.45) is 0.747. The number of carbonyl (C=O) groups excluding carboxylic acids is 1. The van der Waals surface area contributed by atoms with Crippen molar-refractivity contribution in [3.05, 3.63) is 71.0 Å². The van der Waals surface area contributed by atoms with Crippen LogP contribution < -0.4 is 10.9 Å². The molecule has 0 aliphatic heterocycles. The summed E-state index contributed by atoms with van der Waals surface area (Å²) in [4.78, 5) is 28.5. The van der Waals surface area contributed by atoms with Crippen molar-refractivity contribution in [3.63, 3.8) is 0 Å². The quantitative estimate of drug-likeness (QED) is 0.470. The minimum atomic E-state index is -0.338. The lowest BCUT2D eigenvalue weighted by molar-refractivity contribution is -0.113. The van der Waals surface area contributed by atoms with Crippen molar-refractivity contribution in [1.82, 2.24) is 9.55 Å². The number of hydrogen-bond donors (Lipinski definition) is 2. The van der Waals surface area contributed by atoms with Gasteiger partial charge >= 0.3 is 0 Å². The summed E-state index contributed by atoms with van der Waals surface area (Å²) in [5.41, 5.74) is 2.33. The van der Waals surface area contributed by atoms with Gasteiger partial charge < -0.3 is 10.4 Å². The molecule has 3 aromatic rings. The van der Waals surface area contributed by atoms with Crippen molar-refractivity contribution >= 4 is 23.4 Å². The monoisotopic (exact) mass is 395 g/mol. The number of carbonyl (C=O) groups is 1. The first kappa shape index (κ1) is 19.7. The summed E-state index contributed by atoms with van der Waals surface area (Å²) in [6, 6.07) is 18.5. The summed E-state index contributed by atoms with van der Waals surface area (Å²) >= 11 is 1.12. The van der Waals surface area contributed by atoms with E-state index < -0.39 is 0 Å². The Hall–Kier alpha value is -3.06. The fraction of sp³-hybridized carbons (Fsp3) is 0.190. The molecular formula is C21H21N3O3S. The number of nitrogens with one attached hydrogen (secondary N) is 1. The zero-order chi connectivity index (χ0) is 19.9. The molecule has 0 aliphatic carbocycles. The van der Waals surface area contributed by atoms with Crippen molar-refractivity contribution in [3.8, 4) is 17.0 Å². The Morgan fingerprint density at radius 1 is 1.14 bits per heavy atom. The fourth-order valence-electron chi connectivity index (χ4n) is 2.79. The van der Waals surface area contributed by atoms with Gasteiger partial charge in [-0.05, 0) is 18.1 Å². The van der Waals surface area contributed by atoms with E-state index in [9.17, 15) is 14.7 Å². The van der Waals surface area contributed by atoms with Gasteiger partial charge in [-0.3, -0.25) is 14.2 Å². The van der Waals surface area contributed by atoms with E-state index in [0.29, 0.717) is 17.4 Å². The van der Waals surface area contributed by atoms with Crippen LogP contribution in [0.2, 0.25) is 0 Å². The Morgan fingerprint density at radius 2 is 1.86 bits per heavy atom. The predicted molar refractivity (Wildman–Crippen MR) is 112 cm³/mol. The summed E-state index contributed by atoms with van der Waals surface area (Å²) in [5.74, 6) is -0.480. The second-order valence-corrected chi connectivity index (χ2v) is 7.08. The van der Waals surface area contributed by atoms with Gasteiger partial charge in [-0.1, -0.05) is 67.2 Å². The van der Waals surface area contributed by atoms with E-state index in [4.69, 9.17) is 0 Å². The molecule has 0 saturated carbocycles. The number of thioether (sulfide) groups is 1. The van der Waals surface area contributed by atoms with E-state index >= 15 is 0 Å². The van der Waals surface area contributed by atoms with Crippen molar-refractivity contribution in [2.45, 2.75) is 25.0 Å². The van der Waals surface area contributed by atoms with Crippen molar-refractivity contribution in [2.75, 3.05) is 11.1 Å². The minimum Gasteiger partial charge on any atom is -0.493 e. The van der Waals surface area contributed by atoms with Gasteiger partial charge in [0.05, 0.1) is 11.8 Å². The minimum absolute atomic E-state index is 0.0722. The zero-order valence-corrected chi connectivity index (χ0v) is 16.3. The molecule has 0 fully saturated rings. The third kappa shape index (κ3) is 4.80. The fourth-order valence-corrected chi connectivity index (χ4v) is 3.62. The molecule has 28 heavy (non-hydrogen) atoms. The largest absolute Gasteiger partial charge is 0.493 e. The van der Waals surface area contributed by atoms with Crippen LogP contribution in [0, 0.1) is 0 Å². The highest BCUT2D eigenvalue weighted by molar-refractivity contribution is 7.99. The lowest BCUT2D eigenvalue weighted by Crippen LogP contribution is -2.23. The van der Waals surface area contributed by atoms with Gasteiger partial charge in [0.25, 0.3) is 5.56 Å². The Balaban J connectivity index is 1.74. The lowest BCUT2D eigenvalue weighted by Gasteiger charge is -2.12. The average Bonchev–Trinajstić information content (AvgIpc) is 2.70. The first-order valence-corrected chi connectivity index (χ1v) is 9.95. The maximum absolute atomic E-state index is 12.5. The van der Waals surface area contributed by atoms with E-state index in [1.54, 1.807) is 0 Å². The molecule has 0 radical (unpaired) electrons. The second-order valence-electron chi connectivity index (χ2n) is 6.14. The molecule has 2 aromatic carbocycles. The van der Waals surface area contributed by atoms with Gasteiger partial charge in [-0.15, -0.1) is 0 Å². The molecule has 1 amide bonds. The first-order chi connectivity index (χ1) is 13.6. The van der Waals surface area contributed by atoms with Crippen LogP contribution >= 0.6 is 11.8 Å². The number of nitrogens with zero attached hydrogens (tertiary/aromatic N) is 2. The van der Waals surface area contributed by atoms with Crippen LogP contribution in [0.5, 0.6) is 5.88 Å². The summed E-state index contributed by atoms with van der Waals surface area (Å²) in [5, 5.41) is 12.9. The van der Waals surface area contributed by atoms with Gasteiger partial charge in [0.15, 0.2) is 5.16 Å². The Kier molecular flexibility index (Phi) is 6.49. The molecule has 0 aliphatic rings. The second kappa shape index (κ2) is 9.23. The number of anilines is 1. The van der Waals surface area contributed by atoms with E-state index in [0.717, 1.165) is 35.4 Å². The van der Waals surface area contributed by atoms with Crippen molar-refractivity contribution < 1.29 is 9.90 Å². The van der Waals surface area contributed by atoms with Gasteiger partial charge in [0, 0.05) is 17.8 Å². The Morgan fingerprint density at radius 3 is 2.61 bits per heavy atom. The van der Waals surface area contributed by atoms with Crippen LogP contribution in [0.3, 0.4) is 0 Å². The van der Waals surface area contributed by atoms with E-state index in [2.05, 4.69) is 10.3 Å². The SMILES string of the molecule is CCCn1c(SCC(=O)Nc2ccccc2-c2ccccc2)nc(O)cc1=O. The standard InChI is InChI=1S/C21H21N3O3S/c1-2-12-24-20(27)13-18(25)23-21(24)28-14-19(26)22-17-11-7-6-10-16(17)15-8-4-3-5-9-15/h3-11,13,25H,2,12,14H2,1H3,(H,22,26). The van der Waals surface area contributed by atoms with Crippen LogP contribution in [0.1, 0.15) is 13.3 Å². The van der Waals surface area contributed by atoms with Gasteiger partial charge in [0.1, 0.15) is 0 Å². The third-order valence-corrected chi connectivity index (χ3v) is 5.00. The van der Waals surface area contributed by atoms with Gasteiger partial charge in [0.2, 0.25) is 11.8 Å². The molecule has 6 nitrogen and oxygen atoms in total. The van der Waals surface area contributed by atoms with Gasteiger partial charge in [-0.2, -0.15) is 4.98 Å². The first-order valence-electron chi connectivity index (χ1n) is 8.96. The smallest absolute Gasteiger partial charge is 0.257 e. The summed E-state index contributed by atoms with van der Waals surface area (Å²) in [7, 11) is 0. The van der Waals surface area contributed by atoms with Crippen LogP contribution in [0.4, 0.5) is 5.69 Å². The molecule has 0 spiro atoms. The van der Waals surface area contributed by atoms with E-state index in [1.165, 1.54) is 4.57 Å². The highest BCUT2D eigenvalue weighted by Gasteiger charge is 2.13. The maximum Gasteiger partial charge on any atom is 0.257 e. The highest BCUT2D eigenvalue weighted by Crippen LogP contribution is 2.28. The normalized spacial score (nSPS) is 10.6. The molecule has 1 heterocycles. The van der Waals surface area contributed by atoms with Crippen molar-refractivity contribution in [2.24, 2.45) is 0 Å². The molecule has 7 heteroatoms. The third-order valence-electron chi connectivity index (χ3n) is 4.03. The molecule has 0 saturated heterocycles.